The molecule has 0 amide bonds. The molecule has 0 aliphatic heterocycles. The summed E-state index contributed by atoms with van der Waals surface area (Å²) in [5.41, 5.74) is 0. The first kappa shape index (κ1) is 12.9. The van der Waals surface area contributed by atoms with Crippen LogP contribution in [0.2, 0.25) is 0 Å². The van der Waals surface area contributed by atoms with Crippen molar-refractivity contribution in [3.05, 3.63) is 18.2 Å². The van der Waals surface area contributed by atoms with Gasteiger partial charge in [-0.3, -0.25) is 4.79 Å². The molecule has 0 N–H and O–H groups in total. The van der Waals surface area contributed by atoms with Crippen molar-refractivity contribution in [3.8, 4) is 0 Å². The maximum Gasteiger partial charge on any atom is 0.140 e. The lowest BCUT2D eigenvalue weighted by molar-refractivity contribution is -0.118. The quantitative estimate of drug-likeness (QED) is 0.634. The summed E-state index contributed by atoms with van der Waals surface area (Å²) in [6.45, 7) is 5.13. The topological polar surface area (TPSA) is 34.9 Å². The van der Waals surface area contributed by atoms with Gasteiger partial charge in [0.1, 0.15) is 11.6 Å². The Balaban J connectivity index is 2.28. The molecule has 0 aromatic carbocycles. The number of carbonyl (C=O) groups is 1. The zero-order valence-electron chi connectivity index (χ0n) is 10.4. The normalized spacial score (nSPS) is 10.6. The van der Waals surface area contributed by atoms with Crippen LogP contribution in [0.5, 0.6) is 0 Å². The molecular formula is C13H22N2O. The zero-order chi connectivity index (χ0) is 11.8. The van der Waals surface area contributed by atoms with Crippen LogP contribution in [-0.2, 0) is 17.8 Å². The summed E-state index contributed by atoms with van der Waals surface area (Å²) in [7, 11) is 0. The monoisotopic (exact) mass is 222 g/mol. The molecule has 90 valence electrons. The van der Waals surface area contributed by atoms with Gasteiger partial charge in [0, 0.05) is 25.4 Å². The lowest BCUT2D eigenvalue weighted by Crippen LogP contribution is -2.09. The van der Waals surface area contributed by atoms with E-state index in [0.717, 1.165) is 18.8 Å². The summed E-state index contributed by atoms with van der Waals surface area (Å²) in [4.78, 5) is 15.9. The van der Waals surface area contributed by atoms with Crippen molar-refractivity contribution >= 4 is 5.78 Å². The smallest absolute Gasteiger partial charge is 0.140 e. The van der Waals surface area contributed by atoms with Crippen LogP contribution >= 0.6 is 0 Å². The van der Waals surface area contributed by atoms with Crippen LogP contribution in [0.15, 0.2) is 12.4 Å². The minimum atomic E-state index is 0.317. The van der Waals surface area contributed by atoms with E-state index < -0.39 is 0 Å². The van der Waals surface area contributed by atoms with Crippen molar-refractivity contribution in [2.75, 3.05) is 0 Å². The van der Waals surface area contributed by atoms with Crippen LogP contribution in [0, 0.1) is 0 Å². The molecule has 0 fully saturated rings. The molecule has 0 aliphatic rings. The van der Waals surface area contributed by atoms with Crippen molar-refractivity contribution in [2.24, 2.45) is 0 Å². The van der Waals surface area contributed by atoms with E-state index >= 15 is 0 Å². The molecule has 16 heavy (non-hydrogen) atoms. The second-order valence-corrected chi connectivity index (χ2v) is 4.16. The SMILES string of the molecule is CCCCCCC(=O)Cc1nccn1CC. The highest BCUT2D eigenvalue weighted by atomic mass is 16.1. The van der Waals surface area contributed by atoms with E-state index in [2.05, 4.69) is 18.8 Å². The Hall–Kier alpha value is -1.12. The molecule has 0 spiro atoms. The van der Waals surface area contributed by atoms with Crippen LogP contribution < -0.4 is 0 Å². The number of Topliss-reactive ketones (excluding diaryl/α,β-unsaturated/α-hetero) is 1. The number of nitrogens with zero attached hydrogens (tertiary/aromatic N) is 2. The van der Waals surface area contributed by atoms with E-state index in [-0.39, 0.29) is 0 Å². The number of unbranched alkanes of at least 4 members (excludes halogenated alkanes) is 3. The molecule has 3 nitrogen and oxygen atoms in total. The molecule has 0 unspecified atom stereocenters. The molecule has 3 heteroatoms. The van der Waals surface area contributed by atoms with Crippen molar-refractivity contribution in [3.63, 3.8) is 0 Å². The van der Waals surface area contributed by atoms with Gasteiger partial charge in [-0.2, -0.15) is 0 Å². The average molecular weight is 222 g/mol. The highest BCUT2D eigenvalue weighted by Gasteiger charge is 2.07. The van der Waals surface area contributed by atoms with Crippen LogP contribution in [-0.4, -0.2) is 15.3 Å². The minimum Gasteiger partial charge on any atom is -0.335 e. The van der Waals surface area contributed by atoms with Crippen molar-refractivity contribution in [1.29, 1.82) is 0 Å². The summed E-state index contributed by atoms with van der Waals surface area (Å²) in [6, 6.07) is 0. The van der Waals surface area contributed by atoms with Gasteiger partial charge in [-0.1, -0.05) is 26.2 Å². The fraction of sp³-hybridized carbons (Fsp3) is 0.692. The molecule has 1 aromatic heterocycles. The van der Waals surface area contributed by atoms with Crippen LogP contribution in [0.25, 0.3) is 0 Å². The number of aryl methyl sites for hydroxylation is 1. The number of ketones is 1. The summed E-state index contributed by atoms with van der Waals surface area (Å²) in [6.07, 6.45) is 9.54. The van der Waals surface area contributed by atoms with Gasteiger partial charge in [-0.15, -0.1) is 0 Å². The Morgan fingerprint density at radius 3 is 2.81 bits per heavy atom. The van der Waals surface area contributed by atoms with E-state index in [1.165, 1.54) is 19.3 Å². The average Bonchev–Trinajstić information content (AvgIpc) is 2.71. The molecule has 0 saturated carbocycles. The van der Waals surface area contributed by atoms with Gasteiger partial charge < -0.3 is 4.57 Å². The Morgan fingerprint density at radius 2 is 2.12 bits per heavy atom. The third-order valence-electron chi connectivity index (χ3n) is 2.81. The Bertz CT molecular complexity index is 317. The molecule has 0 atom stereocenters. The molecule has 0 saturated heterocycles. The fourth-order valence-electron chi connectivity index (χ4n) is 1.81. The number of carbonyl (C=O) groups excluding carboxylic acids is 1. The number of imidazole rings is 1. The van der Waals surface area contributed by atoms with Crippen LogP contribution in [0.1, 0.15) is 51.8 Å². The second kappa shape index (κ2) is 7.20. The summed E-state index contributed by atoms with van der Waals surface area (Å²) in [5, 5.41) is 0. The first-order valence-corrected chi connectivity index (χ1v) is 6.29. The van der Waals surface area contributed by atoms with Gasteiger partial charge in [0.25, 0.3) is 0 Å². The van der Waals surface area contributed by atoms with Gasteiger partial charge in [-0.05, 0) is 13.3 Å². The van der Waals surface area contributed by atoms with Gasteiger partial charge in [-0.25, -0.2) is 4.98 Å². The summed E-state index contributed by atoms with van der Waals surface area (Å²) in [5.74, 6) is 1.22. The lowest BCUT2D eigenvalue weighted by atomic mass is 10.1. The van der Waals surface area contributed by atoms with Crippen molar-refractivity contribution < 1.29 is 4.79 Å². The van der Waals surface area contributed by atoms with E-state index in [9.17, 15) is 4.79 Å². The van der Waals surface area contributed by atoms with Gasteiger partial charge in [0.15, 0.2) is 0 Å². The standard InChI is InChI=1S/C13H22N2O/c1-3-5-6-7-8-12(16)11-13-14-9-10-15(13)4-2/h9-10H,3-8,11H2,1-2H3. The third kappa shape index (κ3) is 4.17. The molecule has 0 radical (unpaired) electrons. The highest BCUT2D eigenvalue weighted by Crippen LogP contribution is 2.06. The molecule has 0 aliphatic carbocycles. The van der Waals surface area contributed by atoms with E-state index in [0.29, 0.717) is 18.6 Å². The molecular weight excluding hydrogens is 200 g/mol. The van der Waals surface area contributed by atoms with E-state index in [1.54, 1.807) is 6.20 Å². The number of hydrogen-bond donors (Lipinski definition) is 0. The van der Waals surface area contributed by atoms with Crippen LogP contribution in [0.3, 0.4) is 0 Å². The first-order valence-electron chi connectivity index (χ1n) is 6.29. The fourth-order valence-corrected chi connectivity index (χ4v) is 1.81. The summed E-state index contributed by atoms with van der Waals surface area (Å²) >= 11 is 0. The largest absolute Gasteiger partial charge is 0.335 e. The molecule has 1 rings (SSSR count). The number of hydrogen-bond acceptors (Lipinski definition) is 2. The van der Waals surface area contributed by atoms with Gasteiger partial charge in [0.2, 0.25) is 0 Å². The predicted molar refractivity (Wildman–Crippen MR) is 65.4 cm³/mol. The van der Waals surface area contributed by atoms with Crippen molar-refractivity contribution in [1.82, 2.24) is 9.55 Å². The Morgan fingerprint density at radius 1 is 1.31 bits per heavy atom. The Kier molecular flexibility index (Phi) is 5.83. The maximum atomic E-state index is 11.7. The van der Waals surface area contributed by atoms with Gasteiger partial charge >= 0.3 is 0 Å². The second-order valence-electron chi connectivity index (χ2n) is 4.16. The molecule has 0 bridgehead atoms. The van der Waals surface area contributed by atoms with E-state index in [1.807, 2.05) is 10.8 Å². The first-order chi connectivity index (χ1) is 7.77. The number of aromatic nitrogens is 2. The maximum absolute atomic E-state index is 11.7. The minimum absolute atomic E-state index is 0.317. The van der Waals surface area contributed by atoms with Gasteiger partial charge in [0.05, 0.1) is 6.42 Å². The zero-order valence-corrected chi connectivity index (χ0v) is 10.4. The predicted octanol–water partition coefficient (Wildman–Crippen LogP) is 2.99. The van der Waals surface area contributed by atoms with Crippen molar-refractivity contribution in [2.45, 2.75) is 58.9 Å². The van der Waals surface area contributed by atoms with E-state index in [4.69, 9.17) is 0 Å². The Labute approximate surface area is 97.9 Å². The molecule has 1 heterocycles. The lowest BCUT2D eigenvalue weighted by Gasteiger charge is -2.04. The van der Waals surface area contributed by atoms with Crippen LogP contribution in [0.4, 0.5) is 0 Å². The number of rotatable bonds is 8. The highest BCUT2D eigenvalue weighted by molar-refractivity contribution is 5.80. The third-order valence-corrected chi connectivity index (χ3v) is 2.81. The molecule has 1 aromatic rings. The summed E-state index contributed by atoms with van der Waals surface area (Å²) < 4.78 is 2.03.